The van der Waals surface area contributed by atoms with Gasteiger partial charge in [-0.3, -0.25) is 13.9 Å². The van der Waals surface area contributed by atoms with Crippen LogP contribution in [-0.4, -0.2) is 40.0 Å². The number of benzene rings is 1. The Labute approximate surface area is 149 Å². The van der Waals surface area contributed by atoms with E-state index in [1.54, 1.807) is 38.0 Å². The van der Waals surface area contributed by atoms with E-state index in [2.05, 4.69) is 4.98 Å². The highest BCUT2D eigenvalue weighted by atomic mass is 16.5. The largest absolute Gasteiger partial charge is 0.493 e. The van der Waals surface area contributed by atoms with Gasteiger partial charge in [0.1, 0.15) is 0 Å². The maximum atomic E-state index is 12.5. The minimum atomic E-state index is -0.416. The number of hydrogen-bond acceptors (Lipinski definition) is 6. The van der Waals surface area contributed by atoms with Crippen LogP contribution in [0.4, 0.5) is 0 Å². The van der Waals surface area contributed by atoms with Crippen molar-refractivity contribution in [2.75, 3.05) is 21.3 Å². The number of aromatic nitrogens is 4. The average molecular weight is 360 g/mol. The second-order valence-electron chi connectivity index (χ2n) is 5.78. The predicted molar refractivity (Wildman–Crippen MR) is 95.4 cm³/mol. The van der Waals surface area contributed by atoms with Gasteiger partial charge >= 0.3 is 5.69 Å². The third-order valence-electron chi connectivity index (χ3n) is 4.29. The molecule has 0 unspecified atom stereocenters. The van der Waals surface area contributed by atoms with E-state index in [9.17, 15) is 9.59 Å². The van der Waals surface area contributed by atoms with Gasteiger partial charge < -0.3 is 18.8 Å². The molecule has 0 aliphatic heterocycles. The SMILES string of the molecule is COc1cc(Cn2cnc3c2c(=O)n(C)c(=O)n3C)cc(OC)c1OC. The zero-order valence-electron chi connectivity index (χ0n) is 15.3. The number of hydrogen-bond donors (Lipinski definition) is 0. The first-order valence-electron chi connectivity index (χ1n) is 7.82. The Balaban J connectivity index is 2.16. The summed E-state index contributed by atoms with van der Waals surface area (Å²) in [6.45, 7) is 0.348. The molecule has 26 heavy (non-hydrogen) atoms. The fraction of sp³-hybridized carbons (Fsp3) is 0.353. The van der Waals surface area contributed by atoms with Crippen molar-refractivity contribution in [2.24, 2.45) is 14.1 Å². The number of nitrogens with zero attached hydrogens (tertiary/aromatic N) is 4. The minimum absolute atomic E-state index is 0.338. The number of rotatable bonds is 5. The van der Waals surface area contributed by atoms with Crippen molar-refractivity contribution in [1.82, 2.24) is 18.7 Å². The van der Waals surface area contributed by atoms with E-state index in [1.165, 1.54) is 25.1 Å². The van der Waals surface area contributed by atoms with Gasteiger partial charge in [-0.15, -0.1) is 0 Å². The lowest BCUT2D eigenvalue weighted by Crippen LogP contribution is -2.37. The van der Waals surface area contributed by atoms with E-state index >= 15 is 0 Å². The Morgan fingerprint density at radius 1 is 0.962 bits per heavy atom. The number of imidazole rings is 1. The highest BCUT2D eigenvalue weighted by molar-refractivity contribution is 5.70. The number of ether oxygens (including phenoxy) is 3. The topological polar surface area (TPSA) is 89.5 Å². The normalized spacial score (nSPS) is 11.0. The summed E-state index contributed by atoms with van der Waals surface area (Å²) in [6.07, 6.45) is 1.54. The first kappa shape index (κ1) is 17.6. The van der Waals surface area contributed by atoms with Crippen LogP contribution in [0.1, 0.15) is 5.56 Å². The van der Waals surface area contributed by atoms with E-state index in [4.69, 9.17) is 14.2 Å². The van der Waals surface area contributed by atoms with Crippen molar-refractivity contribution in [3.8, 4) is 17.2 Å². The third-order valence-corrected chi connectivity index (χ3v) is 4.29. The van der Waals surface area contributed by atoms with Gasteiger partial charge in [0.05, 0.1) is 27.7 Å². The van der Waals surface area contributed by atoms with Crippen molar-refractivity contribution in [1.29, 1.82) is 0 Å². The lowest BCUT2D eigenvalue weighted by molar-refractivity contribution is 0.323. The van der Waals surface area contributed by atoms with Gasteiger partial charge in [0.25, 0.3) is 5.56 Å². The summed E-state index contributed by atoms with van der Waals surface area (Å²) in [5, 5.41) is 0. The van der Waals surface area contributed by atoms with Gasteiger partial charge in [0.15, 0.2) is 22.7 Å². The van der Waals surface area contributed by atoms with E-state index in [0.29, 0.717) is 35.0 Å². The molecule has 2 aromatic heterocycles. The number of methoxy groups -OCH3 is 3. The zero-order chi connectivity index (χ0) is 19.0. The Morgan fingerprint density at radius 2 is 1.58 bits per heavy atom. The van der Waals surface area contributed by atoms with Crippen molar-refractivity contribution in [3.63, 3.8) is 0 Å². The second-order valence-corrected chi connectivity index (χ2v) is 5.78. The van der Waals surface area contributed by atoms with Gasteiger partial charge in [-0.05, 0) is 17.7 Å². The lowest BCUT2D eigenvalue weighted by Gasteiger charge is -2.14. The maximum absolute atomic E-state index is 12.5. The van der Waals surface area contributed by atoms with Crippen LogP contribution in [0, 0.1) is 0 Å². The van der Waals surface area contributed by atoms with Crippen molar-refractivity contribution in [2.45, 2.75) is 6.54 Å². The summed E-state index contributed by atoms with van der Waals surface area (Å²) in [7, 11) is 7.65. The van der Waals surface area contributed by atoms with Gasteiger partial charge in [0, 0.05) is 20.6 Å². The lowest BCUT2D eigenvalue weighted by atomic mass is 10.1. The predicted octanol–water partition coefficient (Wildman–Crippen LogP) is 0.508. The van der Waals surface area contributed by atoms with Gasteiger partial charge in [-0.1, -0.05) is 0 Å². The van der Waals surface area contributed by atoms with Crippen LogP contribution in [0.15, 0.2) is 28.0 Å². The first-order valence-corrected chi connectivity index (χ1v) is 7.82. The maximum Gasteiger partial charge on any atom is 0.332 e. The van der Waals surface area contributed by atoms with Crippen LogP contribution in [0.2, 0.25) is 0 Å². The highest BCUT2D eigenvalue weighted by Gasteiger charge is 2.17. The second kappa shape index (κ2) is 6.58. The van der Waals surface area contributed by atoms with E-state index in [0.717, 1.165) is 10.1 Å². The summed E-state index contributed by atoms with van der Waals surface area (Å²) in [5.74, 6) is 1.53. The van der Waals surface area contributed by atoms with E-state index in [-0.39, 0.29) is 0 Å². The molecule has 3 rings (SSSR count). The fourth-order valence-electron chi connectivity index (χ4n) is 2.94. The summed E-state index contributed by atoms with van der Waals surface area (Å²) < 4.78 is 20.2. The Morgan fingerprint density at radius 3 is 2.12 bits per heavy atom. The summed E-state index contributed by atoms with van der Waals surface area (Å²) in [6, 6.07) is 3.61. The fourth-order valence-corrected chi connectivity index (χ4v) is 2.94. The monoisotopic (exact) mass is 360 g/mol. The molecule has 0 fully saturated rings. The van der Waals surface area contributed by atoms with Crippen LogP contribution >= 0.6 is 0 Å². The minimum Gasteiger partial charge on any atom is -0.493 e. The number of fused-ring (bicyclic) bond motifs is 1. The van der Waals surface area contributed by atoms with Gasteiger partial charge in [0.2, 0.25) is 5.75 Å². The molecular formula is C17H20N4O5. The highest BCUT2D eigenvalue weighted by Crippen LogP contribution is 2.38. The first-order chi connectivity index (χ1) is 12.4. The molecule has 1 aromatic carbocycles. The van der Waals surface area contributed by atoms with Crippen LogP contribution < -0.4 is 25.5 Å². The molecule has 0 atom stereocenters. The molecule has 0 saturated heterocycles. The molecule has 138 valence electrons. The van der Waals surface area contributed by atoms with Crippen molar-refractivity contribution < 1.29 is 14.2 Å². The smallest absolute Gasteiger partial charge is 0.332 e. The molecule has 2 heterocycles. The quantitative estimate of drug-likeness (QED) is 0.659. The molecule has 3 aromatic rings. The van der Waals surface area contributed by atoms with Gasteiger partial charge in [-0.2, -0.15) is 0 Å². The average Bonchev–Trinajstić information content (AvgIpc) is 3.07. The van der Waals surface area contributed by atoms with Crippen LogP contribution in [0.3, 0.4) is 0 Å². The van der Waals surface area contributed by atoms with Crippen LogP contribution in [-0.2, 0) is 20.6 Å². The van der Waals surface area contributed by atoms with Crippen LogP contribution in [0.25, 0.3) is 11.2 Å². The summed E-state index contributed by atoms with van der Waals surface area (Å²) >= 11 is 0. The molecule has 9 heteroatoms. The molecule has 0 aliphatic carbocycles. The molecule has 9 nitrogen and oxygen atoms in total. The number of aryl methyl sites for hydroxylation is 1. The third kappa shape index (κ3) is 2.61. The summed E-state index contributed by atoms with van der Waals surface area (Å²) in [5.41, 5.74) is 0.706. The van der Waals surface area contributed by atoms with Gasteiger partial charge in [-0.25, -0.2) is 9.78 Å². The molecule has 0 saturated carbocycles. The van der Waals surface area contributed by atoms with E-state index < -0.39 is 11.2 Å². The van der Waals surface area contributed by atoms with Crippen LogP contribution in [0.5, 0.6) is 17.2 Å². The molecule has 0 spiro atoms. The van der Waals surface area contributed by atoms with Crippen molar-refractivity contribution in [3.05, 3.63) is 44.9 Å². The summed E-state index contributed by atoms with van der Waals surface area (Å²) in [4.78, 5) is 28.8. The molecular weight excluding hydrogens is 340 g/mol. The standard InChI is InChI=1S/C17H20N4O5/c1-19-15-13(16(22)20(2)17(19)23)21(9-18-15)8-10-6-11(24-3)14(26-5)12(7-10)25-4/h6-7,9H,8H2,1-5H3. The Hall–Kier alpha value is -3.23. The molecule has 0 bridgehead atoms. The zero-order valence-corrected chi connectivity index (χ0v) is 15.3. The molecule has 0 amide bonds. The van der Waals surface area contributed by atoms with E-state index in [1.807, 2.05) is 0 Å². The molecule has 0 aliphatic rings. The Kier molecular flexibility index (Phi) is 4.45. The molecule has 0 radical (unpaired) electrons. The Bertz CT molecular complexity index is 1070. The van der Waals surface area contributed by atoms with Crippen molar-refractivity contribution >= 4 is 11.2 Å². The molecule has 0 N–H and O–H groups in total.